The summed E-state index contributed by atoms with van der Waals surface area (Å²) < 4.78 is 23.3. The molecule has 26 heavy (non-hydrogen) atoms. The average molecular weight is 371 g/mol. The molecule has 0 N–H and O–H groups in total. The summed E-state index contributed by atoms with van der Waals surface area (Å²) in [4.78, 5) is 1.58. The van der Waals surface area contributed by atoms with Gasteiger partial charge >= 0.3 is 7.60 Å². The molecule has 1 aromatic heterocycles. The lowest BCUT2D eigenvalue weighted by Crippen LogP contribution is -2.01. The summed E-state index contributed by atoms with van der Waals surface area (Å²) in [6.45, 7) is 4.33. The van der Waals surface area contributed by atoms with Crippen LogP contribution >= 0.6 is 7.60 Å². The predicted octanol–water partition coefficient (Wildman–Crippen LogP) is 4.70. The molecule has 0 aliphatic rings. The highest BCUT2D eigenvalue weighted by Crippen LogP contribution is 2.51. The zero-order chi connectivity index (χ0) is 18.4. The van der Waals surface area contributed by atoms with Gasteiger partial charge in [0.25, 0.3) is 0 Å². The minimum Gasteiger partial charge on any atom is -0.309 e. The quantitative estimate of drug-likeness (QED) is 0.537. The van der Waals surface area contributed by atoms with E-state index in [2.05, 4.69) is 10.2 Å². The van der Waals surface area contributed by atoms with Crippen molar-refractivity contribution in [3.63, 3.8) is 0 Å². The Bertz CT molecular complexity index is 869. The fourth-order valence-electron chi connectivity index (χ4n) is 2.61. The Labute approximate surface area is 153 Å². The first kappa shape index (κ1) is 18.5. The van der Waals surface area contributed by atoms with Crippen LogP contribution in [0, 0.1) is 0 Å². The van der Waals surface area contributed by atoms with Crippen molar-refractivity contribution < 1.29 is 13.6 Å². The van der Waals surface area contributed by atoms with Crippen molar-refractivity contribution in [3.8, 4) is 16.9 Å². The summed E-state index contributed by atoms with van der Waals surface area (Å²) in [5.41, 5.74) is 3.55. The largest absolute Gasteiger partial charge is 0.335 e. The van der Waals surface area contributed by atoms with Crippen LogP contribution in [0.4, 0.5) is 0 Å². The van der Waals surface area contributed by atoms with Crippen LogP contribution in [0.2, 0.25) is 0 Å². The van der Waals surface area contributed by atoms with Crippen LogP contribution in [0.15, 0.2) is 60.8 Å². The third-order valence-corrected chi connectivity index (χ3v) is 5.81. The summed E-state index contributed by atoms with van der Waals surface area (Å²) >= 11 is 0. The summed E-state index contributed by atoms with van der Waals surface area (Å²) in [5.74, 6) is 0. The first-order chi connectivity index (χ1) is 12.6. The van der Waals surface area contributed by atoms with Crippen LogP contribution in [-0.2, 0) is 19.8 Å². The first-order valence-electron chi connectivity index (χ1n) is 8.59. The van der Waals surface area contributed by atoms with Gasteiger partial charge in [-0.1, -0.05) is 42.5 Å². The van der Waals surface area contributed by atoms with Gasteiger partial charge in [0, 0.05) is 5.56 Å². The number of hydrogen-bond donors (Lipinski definition) is 0. The smallest absolute Gasteiger partial charge is 0.309 e. The van der Waals surface area contributed by atoms with Gasteiger partial charge in [-0.25, -0.2) is 0 Å². The summed E-state index contributed by atoms with van der Waals surface area (Å²) in [5, 5.41) is 8.84. The van der Waals surface area contributed by atoms with Crippen LogP contribution in [0.25, 0.3) is 16.9 Å². The zero-order valence-corrected chi connectivity index (χ0v) is 15.8. The highest BCUT2D eigenvalue weighted by molar-refractivity contribution is 7.53. The molecule has 0 fully saturated rings. The maximum absolute atomic E-state index is 12.6. The van der Waals surface area contributed by atoms with E-state index in [0.29, 0.717) is 13.2 Å². The summed E-state index contributed by atoms with van der Waals surface area (Å²) in [7, 11) is -3.10. The molecule has 0 radical (unpaired) electrons. The van der Waals surface area contributed by atoms with E-state index in [0.717, 1.165) is 22.5 Å². The molecule has 0 aliphatic heterocycles. The second kappa shape index (κ2) is 8.41. The standard InChI is InChI=1S/C19H22N3O3P/c1-3-24-26(23,25-4-2)15-16-10-12-18(13-11-16)22-20-14-19(21-22)17-8-6-5-7-9-17/h5-14H,3-4,15H2,1-2H3. The van der Waals surface area contributed by atoms with Crippen molar-refractivity contribution in [1.29, 1.82) is 0 Å². The lowest BCUT2D eigenvalue weighted by atomic mass is 10.2. The van der Waals surface area contributed by atoms with Gasteiger partial charge in [0.05, 0.1) is 31.3 Å². The van der Waals surface area contributed by atoms with Crippen LogP contribution < -0.4 is 0 Å². The Hall–Kier alpha value is -2.27. The molecule has 6 nitrogen and oxygen atoms in total. The molecule has 0 saturated carbocycles. The Morgan fingerprint density at radius 1 is 0.962 bits per heavy atom. The van der Waals surface area contributed by atoms with Gasteiger partial charge in [-0.05, 0) is 31.5 Å². The van der Waals surface area contributed by atoms with Crippen molar-refractivity contribution in [2.75, 3.05) is 13.2 Å². The average Bonchev–Trinajstić information content (AvgIpc) is 3.13. The third-order valence-electron chi connectivity index (χ3n) is 3.76. The van der Waals surface area contributed by atoms with Crippen LogP contribution in [0.3, 0.4) is 0 Å². The minimum absolute atomic E-state index is 0.247. The summed E-state index contributed by atoms with van der Waals surface area (Å²) in [6.07, 6.45) is 1.98. The van der Waals surface area contributed by atoms with E-state index in [9.17, 15) is 4.57 Å². The lowest BCUT2D eigenvalue weighted by molar-refractivity contribution is 0.219. The van der Waals surface area contributed by atoms with Gasteiger partial charge in [-0.3, -0.25) is 4.57 Å². The monoisotopic (exact) mass is 371 g/mol. The Morgan fingerprint density at radius 3 is 2.23 bits per heavy atom. The van der Waals surface area contributed by atoms with Crippen molar-refractivity contribution in [3.05, 3.63) is 66.4 Å². The molecule has 0 bridgehead atoms. The van der Waals surface area contributed by atoms with Crippen LogP contribution in [-0.4, -0.2) is 28.2 Å². The molecule has 2 aromatic carbocycles. The molecule has 0 saturated heterocycles. The molecule has 136 valence electrons. The first-order valence-corrected chi connectivity index (χ1v) is 10.3. The minimum atomic E-state index is -3.10. The highest BCUT2D eigenvalue weighted by atomic mass is 31.2. The predicted molar refractivity (Wildman–Crippen MR) is 101 cm³/mol. The van der Waals surface area contributed by atoms with Gasteiger partial charge < -0.3 is 9.05 Å². The number of hydrogen-bond acceptors (Lipinski definition) is 5. The van der Waals surface area contributed by atoms with Gasteiger partial charge in [0.15, 0.2) is 0 Å². The number of benzene rings is 2. The van der Waals surface area contributed by atoms with Crippen molar-refractivity contribution in [1.82, 2.24) is 15.0 Å². The van der Waals surface area contributed by atoms with E-state index in [1.165, 1.54) is 0 Å². The zero-order valence-electron chi connectivity index (χ0n) is 14.9. The number of aromatic nitrogens is 3. The van der Waals surface area contributed by atoms with Crippen LogP contribution in [0.1, 0.15) is 19.4 Å². The fourth-order valence-corrected chi connectivity index (χ4v) is 4.31. The molecule has 1 heterocycles. The second-order valence-corrected chi connectivity index (χ2v) is 7.71. The Morgan fingerprint density at radius 2 is 1.62 bits per heavy atom. The molecule has 3 aromatic rings. The van der Waals surface area contributed by atoms with Crippen molar-refractivity contribution in [2.45, 2.75) is 20.0 Å². The third kappa shape index (κ3) is 4.47. The van der Waals surface area contributed by atoms with E-state index in [4.69, 9.17) is 9.05 Å². The van der Waals surface area contributed by atoms with Gasteiger partial charge in [-0.2, -0.15) is 9.90 Å². The Kier molecular flexibility index (Phi) is 5.99. The molecular weight excluding hydrogens is 349 g/mol. The maximum atomic E-state index is 12.6. The van der Waals surface area contributed by atoms with E-state index >= 15 is 0 Å². The number of rotatable bonds is 8. The maximum Gasteiger partial charge on any atom is 0.335 e. The molecule has 7 heteroatoms. The molecule has 0 atom stereocenters. The topological polar surface area (TPSA) is 66.2 Å². The summed E-state index contributed by atoms with van der Waals surface area (Å²) in [6, 6.07) is 17.5. The molecule has 0 spiro atoms. The molecule has 0 unspecified atom stereocenters. The van der Waals surface area contributed by atoms with Crippen molar-refractivity contribution >= 4 is 7.60 Å². The molecule has 0 amide bonds. The van der Waals surface area contributed by atoms with E-state index < -0.39 is 7.60 Å². The van der Waals surface area contributed by atoms with Gasteiger partial charge in [0.2, 0.25) is 0 Å². The van der Waals surface area contributed by atoms with Crippen molar-refractivity contribution in [2.24, 2.45) is 0 Å². The fraction of sp³-hybridized carbons (Fsp3) is 0.263. The Balaban J connectivity index is 1.76. The second-order valence-electron chi connectivity index (χ2n) is 5.66. The normalized spacial score (nSPS) is 11.6. The SMILES string of the molecule is CCOP(=O)(Cc1ccc(-n2ncc(-c3ccccc3)n2)cc1)OCC. The van der Waals surface area contributed by atoms with Crippen LogP contribution in [0.5, 0.6) is 0 Å². The van der Waals surface area contributed by atoms with E-state index in [-0.39, 0.29) is 6.16 Å². The van der Waals surface area contributed by atoms with E-state index in [1.54, 1.807) is 11.0 Å². The lowest BCUT2D eigenvalue weighted by Gasteiger charge is -2.17. The number of nitrogens with zero attached hydrogens (tertiary/aromatic N) is 3. The highest BCUT2D eigenvalue weighted by Gasteiger charge is 2.23. The molecular formula is C19H22N3O3P. The molecule has 0 aliphatic carbocycles. The molecule has 3 rings (SSSR count). The van der Waals surface area contributed by atoms with Gasteiger partial charge in [0.1, 0.15) is 5.69 Å². The van der Waals surface area contributed by atoms with Gasteiger partial charge in [-0.15, -0.1) is 5.10 Å². The van der Waals surface area contributed by atoms with E-state index in [1.807, 2.05) is 68.4 Å².